The number of hydrogen-bond acceptors (Lipinski definition) is 3. The van der Waals surface area contributed by atoms with Gasteiger partial charge in [0.2, 0.25) is 0 Å². The minimum absolute atomic E-state index is 0.202. The fourth-order valence-electron chi connectivity index (χ4n) is 2.40. The zero-order valence-corrected chi connectivity index (χ0v) is 12.0. The van der Waals surface area contributed by atoms with Gasteiger partial charge in [-0.2, -0.15) is 11.8 Å². The SMILES string of the molecule is CCSCCCOc1ccc2c(c1)C(N)CCC2. The molecule has 1 atom stereocenters. The Morgan fingerprint density at radius 3 is 3.17 bits per heavy atom. The highest BCUT2D eigenvalue weighted by molar-refractivity contribution is 7.99. The second kappa shape index (κ2) is 7.05. The van der Waals surface area contributed by atoms with E-state index in [0.717, 1.165) is 31.6 Å². The number of hydrogen-bond donors (Lipinski definition) is 1. The molecule has 0 aliphatic heterocycles. The molecule has 2 N–H and O–H groups in total. The van der Waals surface area contributed by atoms with Gasteiger partial charge in [-0.05, 0) is 60.4 Å². The third-order valence-electron chi connectivity index (χ3n) is 3.38. The van der Waals surface area contributed by atoms with E-state index in [2.05, 4.69) is 25.1 Å². The zero-order chi connectivity index (χ0) is 12.8. The first-order valence-corrected chi connectivity index (χ1v) is 8.05. The summed E-state index contributed by atoms with van der Waals surface area (Å²) in [5, 5.41) is 0. The zero-order valence-electron chi connectivity index (χ0n) is 11.2. The number of rotatable bonds is 6. The molecular formula is C15H23NOS. The van der Waals surface area contributed by atoms with Gasteiger partial charge in [0.25, 0.3) is 0 Å². The van der Waals surface area contributed by atoms with Crippen molar-refractivity contribution in [3.63, 3.8) is 0 Å². The molecule has 0 amide bonds. The van der Waals surface area contributed by atoms with Crippen LogP contribution in [-0.4, -0.2) is 18.1 Å². The molecule has 100 valence electrons. The molecule has 2 rings (SSSR count). The van der Waals surface area contributed by atoms with E-state index >= 15 is 0 Å². The van der Waals surface area contributed by atoms with E-state index in [0.29, 0.717) is 0 Å². The van der Waals surface area contributed by atoms with Crippen LogP contribution >= 0.6 is 11.8 Å². The van der Waals surface area contributed by atoms with Crippen LogP contribution in [0.15, 0.2) is 18.2 Å². The number of benzene rings is 1. The summed E-state index contributed by atoms with van der Waals surface area (Å²) in [6.45, 7) is 3.00. The first-order valence-electron chi connectivity index (χ1n) is 6.90. The molecule has 1 aromatic rings. The van der Waals surface area contributed by atoms with Crippen molar-refractivity contribution in [1.29, 1.82) is 0 Å². The van der Waals surface area contributed by atoms with Crippen molar-refractivity contribution >= 4 is 11.8 Å². The van der Waals surface area contributed by atoms with Crippen LogP contribution in [-0.2, 0) is 6.42 Å². The normalized spacial score (nSPS) is 18.4. The predicted octanol–water partition coefficient (Wildman–Crippen LogP) is 3.54. The number of thioether (sulfide) groups is 1. The summed E-state index contributed by atoms with van der Waals surface area (Å²) in [7, 11) is 0. The van der Waals surface area contributed by atoms with Crippen LogP contribution in [0.1, 0.15) is 43.4 Å². The Kier molecular flexibility index (Phi) is 5.39. The van der Waals surface area contributed by atoms with E-state index in [-0.39, 0.29) is 6.04 Å². The number of aryl methyl sites for hydroxylation is 1. The van der Waals surface area contributed by atoms with E-state index in [9.17, 15) is 0 Å². The fourth-order valence-corrected chi connectivity index (χ4v) is 3.01. The van der Waals surface area contributed by atoms with Gasteiger partial charge in [-0.3, -0.25) is 0 Å². The van der Waals surface area contributed by atoms with E-state index < -0.39 is 0 Å². The van der Waals surface area contributed by atoms with Crippen LogP contribution < -0.4 is 10.5 Å². The molecule has 0 bridgehead atoms. The second-order valence-electron chi connectivity index (χ2n) is 4.76. The van der Waals surface area contributed by atoms with Crippen LogP contribution in [0.5, 0.6) is 5.75 Å². The highest BCUT2D eigenvalue weighted by atomic mass is 32.2. The predicted molar refractivity (Wildman–Crippen MR) is 79.4 cm³/mol. The Labute approximate surface area is 114 Å². The monoisotopic (exact) mass is 265 g/mol. The van der Waals surface area contributed by atoms with Gasteiger partial charge < -0.3 is 10.5 Å². The van der Waals surface area contributed by atoms with Crippen molar-refractivity contribution in [2.75, 3.05) is 18.1 Å². The second-order valence-corrected chi connectivity index (χ2v) is 6.15. The maximum atomic E-state index is 6.15. The van der Waals surface area contributed by atoms with Gasteiger partial charge in [-0.15, -0.1) is 0 Å². The topological polar surface area (TPSA) is 35.2 Å². The molecule has 0 heterocycles. The van der Waals surface area contributed by atoms with Gasteiger partial charge in [0.05, 0.1) is 6.61 Å². The first-order chi connectivity index (χ1) is 8.81. The summed E-state index contributed by atoms with van der Waals surface area (Å²) in [6.07, 6.45) is 4.59. The van der Waals surface area contributed by atoms with Crippen LogP contribution in [0.2, 0.25) is 0 Å². The van der Waals surface area contributed by atoms with E-state index in [1.165, 1.54) is 29.1 Å². The lowest BCUT2D eigenvalue weighted by Gasteiger charge is -2.22. The lowest BCUT2D eigenvalue weighted by atomic mass is 9.88. The summed E-state index contributed by atoms with van der Waals surface area (Å²) in [5.74, 6) is 3.35. The van der Waals surface area contributed by atoms with Gasteiger partial charge in [0, 0.05) is 6.04 Å². The number of ether oxygens (including phenoxy) is 1. The molecule has 0 aromatic heterocycles. The van der Waals surface area contributed by atoms with E-state index in [1.807, 2.05) is 11.8 Å². The standard InChI is InChI=1S/C15H23NOS/c1-2-18-10-4-9-17-13-8-7-12-5-3-6-15(16)14(12)11-13/h7-8,11,15H,2-6,9-10,16H2,1H3. The number of nitrogens with two attached hydrogens (primary N) is 1. The molecule has 1 aromatic carbocycles. The summed E-state index contributed by atoms with van der Waals surface area (Å²) in [6, 6.07) is 6.62. The summed E-state index contributed by atoms with van der Waals surface area (Å²) >= 11 is 1.97. The molecule has 3 heteroatoms. The van der Waals surface area contributed by atoms with Crippen molar-refractivity contribution in [3.05, 3.63) is 29.3 Å². The van der Waals surface area contributed by atoms with Gasteiger partial charge >= 0.3 is 0 Å². The van der Waals surface area contributed by atoms with E-state index in [1.54, 1.807) is 0 Å². The summed E-state index contributed by atoms with van der Waals surface area (Å²) in [4.78, 5) is 0. The lowest BCUT2D eigenvalue weighted by molar-refractivity contribution is 0.318. The third kappa shape index (κ3) is 3.66. The molecular weight excluding hydrogens is 242 g/mol. The molecule has 0 fully saturated rings. The number of fused-ring (bicyclic) bond motifs is 1. The Balaban J connectivity index is 1.88. The maximum absolute atomic E-state index is 6.15. The fraction of sp³-hybridized carbons (Fsp3) is 0.600. The highest BCUT2D eigenvalue weighted by Crippen LogP contribution is 2.30. The molecule has 0 saturated heterocycles. The Morgan fingerprint density at radius 2 is 2.33 bits per heavy atom. The smallest absolute Gasteiger partial charge is 0.119 e. The van der Waals surface area contributed by atoms with Crippen molar-refractivity contribution < 1.29 is 4.74 Å². The van der Waals surface area contributed by atoms with Gasteiger partial charge in [-0.25, -0.2) is 0 Å². The molecule has 0 saturated carbocycles. The van der Waals surface area contributed by atoms with Gasteiger partial charge in [-0.1, -0.05) is 13.0 Å². The van der Waals surface area contributed by atoms with Crippen molar-refractivity contribution in [1.82, 2.24) is 0 Å². The molecule has 0 radical (unpaired) electrons. The molecule has 1 unspecified atom stereocenters. The average molecular weight is 265 g/mol. The lowest BCUT2D eigenvalue weighted by Crippen LogP contribution is -2.17. The largest absolute Gasteiger partial charge is 0.494 e. The van der Waals surface area contributed by atoms with Crippen LogP contribution in [0.25, 0.3) is 0 Å². The van der Waals surface area contributed by atoms with Crippen LogP contribution in [0, 0.1) is 0 Å². The average Bonchev–Trinajstić information content (AvgIpc) is 2.39. The summed E-state index contributed by atoms with van der Waals surface area (Å²) in [5.41, 5.74) is 8.85. The molecule has 0 spiro atoms. The van der Waals surface area contributed by atoms with Gasteiger partial charge in [0.1, 0.15) is 5.75 Å². The van der Waals surface area contributed by atoms with Crippen molar-refractivity contribution in [3.8, 4) is 5.75 Å². The van der Waals surface area contributed by atoms with Crippen LogP contribution in [0.3, 0.4) is 0 Å². The third-order valence-corrected chi connectivity index (χ3v) is 4.37. The first kappa shape index (κ1) is 13.8. The Hall–Kier alpha value is -0.670. The van der Waals surface area contributed by atoms with Crippen molar-refractivity contribution in [2.24, 2.45) is 5.73 Å². The highest BCUT2D eigenvalue weighted by Gasteiger charge is 2.17. The van der Waals surface area contributed by atoms with E-state index in [4.69, 9.17) is 10.5 Å². The molecule has 1 aliphatic carbocycles. The quantitative estimate of drug-likeness (QED) is 0.799. The summed E-state index contributed by atoms with van der Waals surface area (Å²) < 4.78 is 5.80. The van der Waals surface area contributed by atoms with Crippen LogP contribution in [0.4, 0.5) is 0 Å². The maximum Gasteiger partial charge on any atom is 0.119 e. The Bertz CT molecular complexity index is 381. The molecule has 18 heavy (non-hydrogen) atoms. The minimum atomic E-state index is 0.202. The Morgan fingerprint density at radius 1 is 1.44 bits per heavy atom. The van der Waals surface area contributed by atoms with Gasteiger partial charge in [0.15, 0.2) is 0 Å². The molecule has 1 aliphatic rings. The molecule has 2 nitrogen and oxygen atoms in total. The van der Waals surface area contributed by atoms with Crippen molar-refractivity contribution in [2.45, 2.75) is 38.6 Å². The minimum Gasteiger partial charge on any atom is -0.494 e.